The number of aliphatic carboxylic acids is 1. The highest BCUT2D eigenvalue weighted by molar-refractivity contribution is 7.92. The van der Waals surface area contributed by atoms with Crippen LogP contribution in [-0.4, -0.2) is 50.0 Å². The van der Waals surface area contributed by atoms with Gasteiger partial charge in [0.05, 0.1) is 28.6 Å². The van der Waals surface area contributed by atoms with Gasteiger partial charge in [-0.25, -0.2) is 17.6 Å². The summed E-state index contributed by atoms with van der Waals surface area (Å²) in [5.74, 6) is -4.55. The minimum absolute atomic E-state index is 0.102. The van der Waals surface area contributed by atoms with Crippen LogP contribution in [0.2, 0.25) is 0 Å². The Balaban J connectivity index is 1.72. The molecule has 1 unspecified atom stereocenters. The second-order valence-corrected chi connectivity index (χ2v) is 11.7. The summed E-state index contributed by atoms with van der Waals surface area (Å²) in [7, 11) is -4.90. The highest BCUT2D eigenvalue weighted by Crippen LogP contribution is 2.48. The molecule has 1 saturated carbocycles. The largest absolute Gasteiger partial charge is 0.486 e. The maximum absolute atomic E-state index is 13.9. The van der Waals surface area contributed by atoms with Crippen molar-refractivity contribution in [2.24, 2.45) is 11.8 Å². The van der Waals surface area contributed by atoms with Crippen molar-refractivity contribution in [1.29, 1.82) is 0 Å². The lowest BCUT2D eigenvalue weighted by Gasteiger charge is -2.36. The third-order valence-corrected chi connectivity index (χ3v) is 8.37. The number of ether oxygens (including phenoxy) is 2. The van der Waals surface area contributed by atoms with Crippen molar-refractivity contribution in [2.45, 2.75) is 49.2 Å². The molecule has 0 saturated heterocycles. The summed E-state index contributed by atoms with van der Waals surface area (Å²) in [6.45, 7) is 0.626. The van der Waals surface area contributed by atoms with E-state index < -0.39 is 80.8 Å². The number of carboxylic acids is 1. The van der Waals surface area contributed by atoms with E-state index in [1.54, 1.807) is 0 Å². The normalized spacial score (nSPS) is 21.0. The number of hydrogen-bond acceptors (Lipinski definition) is 6. The summed E-state index contributed by atoms with van der Waals surface area (Å²) >= 11 is 0. The first-order valence-corrected chi connectivity index (χ1v) is 13.2. The van der Waals surface area contributed by atoms with Gasteiger partial charge in [-0.05, 0) is 56.7 Å². The number of carbonyl (C=O) groups excluding carboxylic acids is 1. The van der Waals surface area contributed by atoms with Crippen LogP contribution in [0.25, 0.3) is 0 Å². The van der Waals surface area contributed by atoms with Crippen molar-refractivity contribution in [2.75, 3.05) is 16.2 Å². The zero-order valence-corrected chi connectivity index (χ0v) is 21.8. The fraction of sp³-hybridized carbons (Fsp3) is 0.417. The molecular formula is C24H21F7N2O7S. The molecule has 0 radical (unpaired) electrons. The first-order chi connectivity index (χ1) is 18.7. The number of nitrogens with one attached hydrogen (secondary N) is 1. The molecule has 3 atom stereocenters. The van der Waals surface area contributed by atoms with Crippen LogP contribution in [0.15, 0.2) is 41.3 Å². The maximum Gasteiger partial charge on any atom is 0.427 e. The molecule has 224 valence electrons. The van der Waals surface area contributed by atoms with Gasteiger partial charge in [0.1, 0.15) is 17.7 Å². The smallest absolute Gasteiger partial charge is 0.427 e. The average Bonchev–Trinajstić information content (AvgIpc) is 3.63. The van der Waals surface area contributed by atoms with Crippen molar-refractivity contribution in [1.82, 2.24) is 0 Å². The fourth-order valence-corrected chi connectivity index (χ4v) is 5.66. The van der Waals surface area contributed by atoms with Gasteiger partial charge in [0.15, 0.2) is 0 Å². The number of sulfonamides is 1. The molecule has 4 rings (SSSR count). The van der Waals surface area contributed by atoms with Crippen LogP contribution in [0.5, 0.6) is 5.75 Å². The minimum atomic E-state index is -5.23. The van der Waals surface area contributed by atoms with Gasteiger partial charge in [0.25, 0.3) is 10.0 Å². The van der Waals surface area contributed by atoms with Crippen LogP contribution < -0.4 is 14.4 Å². The van der Waals surface area contributed by atoms with Crippen LogP contribution in [0, 0.1) is 17.7 Å². The lowest BCUT2D eigenvalue weighted by atomic mass is 10.1. The molecular weight excluding hydrogens is 593 g/mol. The second-order valence-electron chi connectivity index (χ2n) is 9.88. The summed E-state index contributed by atoms with van der Waals surface area (Å²) in [6.07, 6.45) is -12.6. The standard InChI is InChI=1S/C24H21F7N2O7S/c1-22(2,24(29,30)31)40-21(36)32-11-3-6-18-17(7-11)33(10-19(39-18)13-9-14(13)20(34)35)41(37,38)12-4-5-16(25)15(8-12)23(26,27)28/h3-8,13-14,19H,9-10H2,1-2H3,(H,32,36)(H,34,35)/t13-,14-,19?/m1/s1. The summed E-state index contributed by atoms with van der Waals surface area (Å²) in [6, 6.07) is 4.28. The monoisotopic (exact) mass is 614 g/mol. The van der Waals surface area contributed by atoms with Gasteiger partial charge < -0.3 is 14.6 Å². The highest BCUT2D eigenvalue weighted by Gasteiger charge is 2.53. The molecule has 1 aliphatic carbocycles. The number of nitrogens with zero attached hydrogens (tertiary/aromatic N) is 1. The third-order valence-electron chi connectivity index (χ3n) is 6.59. The lowest BCUT2D eigenvalue weighted by Crippen LogP contribution is -2.45. The predicted molar refractivity (Wildman–Crippen MR) is 126 cm³/mol. The Labute approximate surface area is 227 Å². The molecule has 2 aliphatic rings. The van der Waals surface area contributed by atoms with E-state index in [4.69, 9.17) is 4.74 Å². The van der Waals surface area contributed by atoms with Gasteiger partial charge in [-0.2, -0.15) is 26.3 Å². The van der Waals surface area contributed by atoms with Crippen molar-refractivity contribution in [3.63, 3.8) is 0 Å². The van der Waals surface area contributed by atoms with Crippen LogP contribution in [0.3, 0.4) is 0 Å². The molecule has 9 nitrogen and oxygen atoms in total. The predicted octanol–water partition coefficient (Wildman–Crippen LogP) is 5.41. The van der Waals surface area contributed by atoms with Gasteiger partial charge in [0.2, 0.25) is 5.60 Å². The number of rotatable bonds is 6. The number of fused-ring (bicyclic) bond motifs is 1. The van der Waals surface area contributed by atoms with Gasteiger partial charge in [0, 0.05) is 11.6 Å². The van der Waals surface area contributed by atoms with Crippen molar-refractivity contribution in [3.05, 3.63) is 47.8 Å². The van der Waals surface area contributed by atoms with E-state index in [9.17, 15) is 53.8 Å². The molecule has 1 heterocycles. The fourth-order valence-electron chi connectivity index (χ4n) is 4.15. The first kappa shape index (κ1) is 30.2. The van der Waals surface area contributed by atoms with E-state index in [0.717, 1.165) is 18.2 Å². The third kappa shape index (κ3) is 5.99. The van der Waals surface area contributed by atoms with Gasteiger partial charge >= 0.3 is 24.4 Å². The number of anilines is 2. The quantitative estimate of drug-likeness (QED) is 0.418. The highest BCUT2D eigenvalue weighted by atomic mass is 32.2. The van der Waals surface area contributed by atoms with Crippen LogP contribution in [-0.2, 0) is 25.7 Å². The number of hydrogen-bond donors (Lipinski definition) is 2. The summed E-state index contributed by atoms with van der Waals surface area (Å²) in [5, 5.41) is 11.3. The summed E-state index contributed by atoms with van der Waals surface area (Å²) in [5.41, 5.74) is -5.33. The van der Waals surface area contributed by atoms with Crippen molar-refractivity contribution >= 4 is 33.5 Å². The Bertz CT molecular complexity index is 1490. The van der Waals surface area contributed by atoms with E-state index >= 15 is 0 Å². The Morgan fingerprint density at radius 2 is 1.73 bits per heavy atom. The van der Waals surface area contributed by atoms with Crippen LogP contribution in [0.4, 0.5) is 46.9 Å². The number of alkyl halides is 6. The number of benzene rings is 2. The molecule has 1 amide bonds. The minimum Gasteiger partial charge on any atom is -0.486 e. The van der Waals surface area contributed by atoms with Crippen molar-refractivity contribution in [3.8, 4) is 5.75 Å². The van der Waals surface area contributed by atoms with Gasteiger partial charge in [-0.1, -0.05) is 0 Å². The zero-order chi connectivity index (χ0) is 30.7. The first-order valence-electron chi connectivity index (χ1n) is 11.7. The van der Waals surface area contributed by atoms with E-state index in [-0.39, 0.29) is 29.6 Å². The molecule has 2 N–H and O–H groups in total. The lowest BCUT2D eigenvalue weighted by molar-refractivity contribution is -0.242. The average molecular weight is 614 g/mol. The topological polar surface area (TPSA) is 122 Å². The van der Waals surface area contributed by atoms with E-state index in [2.05, 4.69) is 4.74 Å². The molecule has 2 aromatic carbocycles. The van der Waals surface area contributed by atoms with E-state index in [0.29, 0.717) is 30.3 Å². The van der Waals surface area contributed by atoms with E-state index in [1.807, 2.05) is 5.32 Å². The molecule has 0 aromatic heterocycles. The van der Waals surface area contributed by atoms with Crippen LogP contribution >= 0.6 is 0 Å². The van der Waals surface area contributed by atoms with Gasteiger partial charge in [-0.15, -0.1) is 0 Å². The zero-order valence-electron chi connectivity index (χ0n) is 21.0. The Kier molecular flexibility index (Phi) is 7.33. The van der Waals surface area contributed by atoms with Crippen LogP contribution in [0.1, 0.15) is 25.8 Å². The molecule has 0 bridgehead atoms. The molecule has 0 spiro atoms. The Morgan fingerprint density at radius 1 is 1.07 bits per heavy atom. The summed E-state index contributed by atoms with van der Waals surface area (Å²) < 4.78 is 131. The number of amides is 1. The van der Waals surface area contributed by atoms with Crippen molar-refractivity contribution < 1.29 is 63.3 Å². The molecule has 17 heteroatoms. The summed E-state index contributed by atoms with van der Waals surface area (Å²) in [4.78, 5) is 22.6. The molecule has 1 aliphatic heterocycles. The SMILES string of the molecule is CC(C)(OC(=O)Nc1ccc2c(c1)N(S(=O)(=O)c1ccc(F)c(C(F)(F)F)c1)CC([C@@H]1C[C@H]1C(=O)O)O2)C(F)(F)F. The second kappa shape index (κ2) is 9.95. The van der Waals surface area contributed by atoms with Gasteiger partial charge in [-0.3, -0.25) is 14.4 Å². The number of carbonyl (C=O) groups is 2. The Morgan fingerprint density at radius 3 is 2.29 bits per heavy atom. The molecule has 2 aromatic rings. The molecule has 1 fully saturated rings. The number of carboxylic acid groups (broad SMARTS) is 1. The number of halogens is 7. The molecule has 41 heavy (non-hydrogen) atoms. The maximum atomic E-state index is 13.9. The van der Waals surface area contributed by atoms with E-state index in [1.165, 1.54) is 0 Å². The Hall–Kier alpha value is -3.76.